The molecule has 4 aliphatic rings. The van der Waals surface area contributed by atoms with E-state index in [4.69, 9.17) is 4.74 Å². The van der Waals surface area contributed by atoms with Crippen LogP contribution in [-0.2, 0) is 4.74 Å². The summed E-state index contributed by atoms with van der Waals surface area (Å²) in [7, 11) is 1.68. The molecule has 4 rings (SSSR count). The molecule has 7 atom stereocenters. The molecule has 4 aliphatic carbocycles. The topological polar surface area (TPSA) is 29.5 Å². The van der Waals surface area contributed by atoms with Gasteiger partial charge in [0.15, 0.2) is 5.60 Å². The van der Waals surface area contributed by atoms with E-state index in [1.54, 1.807) is 12.7 Å². The number of ether oxygens (including phenoxy) is 1. The summed E-state index contributed by atoms with van der Waals surface area (Å²) in [6.45, 7) is 5.11. The van der Waals surface area contributed by atoms with Crippen LogP contribution in [-0.4, -0.2) is 30.6 Å². The molecule has 160 valence electrons. The van der Waals surface area contributed by atoms with Crippen LogP contribution in [0.2, 0.25) is 0 Å². The second kappa shape index (κ2) is 6.73. The highest BCUT2D eigenvalue weighted by atomic mass is 19.4. The van der Waals surface area contributed by atoms with Crippen molar-refractivity contribution in [3.63, 3.8) is 0 Å². The first kappa shape index (κ1) is 20.7. The van der Waals surface area contributed by atoms with Crippen molar-refractivity contribution < 1.29 is 23.0 Å². The van der Waals surface area contributed by atoms with Gasteiger partial charge in [-0.15, -0.1) is 0 Å². The normalized spacial score (nSPS) is 50.2. The average Bonchev–Trinajstić information content (AvgIpc) is 2.98. The molecule has 2 nitrogen and oxygen atoms in total. The lowest BCUT2D eigenvalue weighted by molar-refractivity contribution is -0.293. The molecule has 0 amide bonds. The molecule has 28 heavy (non-hydrogen) atoms. The van der Waals surface area contributed by atoms with Crippen molar-refractivity contribution in [2.45, 2.75) is 83.4 Å². The fourth-order valence-corrected chi connectivity index (χ4v) is 8.18. The molecule has 4 fully saturated rings. The van der Waals surface area contributed by atoms with Gasteiger partial charge in [-0.2, -0.15) is 13.2 Å². The van der Waals surface area contributed by atoms with Gasteiger partial charge < -0.3 is 9.84 Å². The monoisotopic (exact) mass is 400 g/mol. The van der Waals surface area contributed by atoms with Crippen molar-refractivity contribution in [3.8, 4) is 0 Å². The third-order valence-corrected chi connectivity index (χ3v) is 9.56. The number of rotatable bonds is 2. The molecular formula is C23H35F3O2. The third-order valence-electron chi connectivity index (χ3n) is 9.56. The van der Waals surface area contributed by atoms with Crippen LogP contribution in [0.3, 0.4) is 0 Å². The highest BCUT2D eigenvalue weighted by molar-refractivity contribution is 5.24. The van der Waals surface area contributed by atoms with Gasteiger partial charge in [-0.3, -0.25) is 0 Å². The van der Waals surface area contributed by atoms with Crippen LogP contribution in [0.25, 0.3) is 0 Å². The third kappa shape index (κ3) is 2.74. The highest BCUT2D eigenvalue weighted by Gasteiger charge is 2.65. The molecule has 0 radical (unpaired) electrons. The number of alkyl halides is 3. The molecule has 4 saturated carbocycles. The van der Waals surface area contributed by atoms with Crippen LogP contribution in [0.4, 0.5) is 13.2 Å². The maximum atomic E-state index is 13.5. The predicted octanol–water partition coefficient (Wildman–Crippen LogP) is 5.90. The number of hydrogen-bond acceptors (Lipinski definition) is 2. The molecular weight excluding hydrogens is 365 g/mol. The van der Waals surface area contributed by atoms with Crippen molar-refractivity contribution in [2.24, 2.45) is 34.5 Å². The van der Waals surface area contributed by atoms with Gasteiger partial charge in [0.25, 0.3) is 0 Å². The van der Waals surface area contributed by atoms with Gasteiger partial charge in [0, 0.05) is 7.11 Å². The SMILES string of the molecule is C/C=C1/CC[C@H]2[C@@H]3CC[C@@H]4C[C@@](O)(C(F)(F)F)CC[C@]4(COC)[C@H]3CC[C@]12C. The van der Waals surface area contributed by atoms with Gasteiger partial charge in [0.05, 0.1) is 6.61 Å². The van der Waals surface area contributed by atoms with Crippen molar-refractivity contribution in [2.75, 3.05) is 13.7 Å². The van der Waals surface area contributed by atoms with Crippen LogP contribution < -0.4 is 0 Å². The van der Waals surface area contributed by atoms with Gasteiger partial charge in [-0.05, 0) is 99.2 Å². The summed E-state index contributed by atoms with van der Waals surface area (Å²) in [6.07, 6.45) is 4.29. The zero-order valence-electron chi connectivity index (χ0n) is 17.4. The molecule has 0 aromatic heterocycles. The first-order valence-corrected chi connectivity index (χ1v) is 11.0. The van der Waals surface area contributed by atoms with E-state index in [-0.39, 0.29) is 29.6 Å². The van der Waals surface area contributed by atoms with E-state index < -0.39 is 11.8 Å². The van der Waals surface area contributed by atoms with Crippen molar-refractivity contribution >= 4 is 0 Å². The summed E-state index contributed by atoms with van der Waals surface area (Å²) in [5.74, 6) is 1.56. The molecule has 0 spiro atoms. The Labute approximate surface area is 166 Å². The molecule has 0 saturated heterocycles. The fraction of sp³-hybridized carbons (Fsp3) is 0.913. The van der Waals surface area contributed by atoms with Gasteiger partial charge >= 0.3 is 6.18 Å². The number of hydrogen-bond donors (Lipinski definition) is 1. The first-order chi connectivity index (χ1) is 13.1. The number of methoxy groups -OCH3 is 1. The summed E-state index contributed by atoms with van der Waals surface area (Å²) < 4.78 is 46.3. The molecule has 5 heteroatoms. The lowest BCUT2D eigenvalue weighted by atomic mass is 9.43. The Morgan fingerprint density at radius 2 is 1.86 bits per heavy atom. The Kier molecular flexibility index (Phi) is 4.98. The van der Waals surface area contributed by atoms with Crippen molar-refractivity contribution in [3.05, 3.63) is 11.6 Å². The predicted molar refractivity (Wildman–Crippen MR) is 103 cm³/mol. The molecule has 0 unspecified atom stereocenters. The summed E-state index contributed by atoms with van der Waals surface area (Å²) >= 11 is 0. The van der Waals surface area contributed by atoms with E-state index in [2.05, 4.69) is 19.9 Å². The lowest BCUT2D eigenvalue weighted by Gasteiger charge is -2.62. The average molecular weight is 401 g/mol. The van der Waals surface area contributed by atoms with E-state index in [0.717, 1.165) is 25.7 Å². The lowest BCUT2D eigenvalue weighted by Crippen LogP contribution is -2.61. The molecule has 1 N–H and O–H groups in total. The number of fused-ring (bicyclic) bond motifs is 5. The molecule has 0 bridgehead atoms. The van der Waals surface area contributed by atoms with Crippen LogP contribution in [0.5, 0.6) is 0 Å². The Morgan fingerprint density at radius 1 is 1.11 bits per heavy atom. The molecule has 0 aromatic rings. The molecule has 0 aliphatic heterocycles. The Bertz CT molecular complexity index is 644. The largest absolute Gasteiger partial charge is 0.417 e. The Balaban J connectivity index is 1.65. The quantitative estimate of drug-likeness (QED) is 0.585. The smallest absolute Gasteiger partial charge is 0.384 e. The van der Waals surface area contributed by atoms with Crippen molar-refractivity contribution in [1.29, 1.82) is 0 Å². The highest BCUT2D eigenvalue weighted by Crippen LogP contribution is 2.68. The van der Waals surface area contributed by atoms with Crippen LogP contribution >= 0.6 is 0 Å². The minimum atomic E-state index is -4.54. The zero-order valence-corrected chi connectivity index (χ0v) is 17.4. The second-order valence-electron chi connectivity index (χ2n) is 10.4. The Hall–Kier alpha value is -0.550. The maximum Gasteiger partial charge on any atom is 0.417 e. The number of halogens is 3. The first-order valence-electron chi connectivity index (χ1n) is 11.0. The minimum Gasteiger partial charge on any atom is -0.384 e. The van der Waals surface area contributed by atoms with Crippen molar-refractivity contribution in [1.82, 2.24) is 0 Å². The minimum absolute atomic E-state index is 0.0963. The molecule has 0 aromatic carbocycles. The van der Waals surface area contributed by atoms with E-state index >= 15 is 0 Å². The fourth-order valence-electron chi connectivity index (χ4n) is 8.18. The van der Waals surface area contributed by atoms with Gasteiger partial charge in [0.2, 0.25) is 0 Å². The second-order valence-corrected chi connectivity index (χ2v) is 10.4. The van der Waals surface area contributed by atoms with E-state index in [0.29, 0.717) is 30.8 Å². The Morgan fingerprint density at radius 3 is 2.50 bits per heavy atom. The van der Waals surface area contributed by atoms with Crippen LogP contribution in [0, 0.1) is 34.5 Å². The van der Waals surface area contributed by atoms with Crippen LogP contribution in [0.15, 0.2) is 11.6 Å². The van der Waals surface area contributed by atoms with E-state index in [9.17, 15) is 18.3 Å². The number of aliphatic hydroxyl groups is 1. The summed E-state index contributed by atoms with van der Waals surface area (Å²) in [4.78, 5) is 0. The summed E-state index contributed by atoms with van der Waals surface area (Å²) in [6, 6.07) is 0. The zero-order chi connectivity index (χ0) is 20.4. The van der Waals surface area contributed by atoms with Gasteiger partial charge in [-0.1, -0.05) is 18.6 Å². The molecule has 0 heterocycles. The maximum absolute atomic E-state index is 13.5. The summed E-state index contributed by atoms with van der Waals surface area (Å²) in [5, 5.41) is 10.4. The van der Waals surface area contributed by atoms with E-state index in [1.807, 2.05) is 0 Å². The van der Waals surface area contributed by atoms with Crippen LogP contribution in [0.1, 0.15) is 71.6 Å². The number of allylic oxidation sites excluding steroid dienone is 2. The van der Waals surface area contributed by atoms with Gasteiger partial charge in [0.1, 0.15) is 0 Å². The summed E-state index contributed by atoms with van der Waals surface area (Å²) in [5.41, 5.74) is -0.849. The standard InChI is InChI=1S/C23H35F3O2/c1-4-15-6-8-18-17-7-5-16-13-22(27,23(24,25)26)12-11-21(16,14-28-3)19(17)9-10-20(15,18)2/h4,16-19,27H,5-14H2,1-3H3/b15-4-/t16-,17+,18+,19+,20-,21-,22-/m1/s1. The van der Waals surface area contributed by atoms with Gasteiger partial charge in [-0.25, -0.2) is 0 Å². The van der Waals surface area contributed by atoms with E-state index in [1.165, 1.54) is 12.8 Å².